The van der Waals surface area contributed by atoms with Gasteiger partial charge in [0.05, 0.1) is 28.2 Å². The molecule has 1 N–H and O–H groups in total. The maximum absolute atomic E-state index is 12.5. The van der Waals surface area contributed by atoms with Crippen molar-refractivity contribution in [1.29, 1.82) is 0 Å². The predicted molar refractivity (Wildman–Crippen MR) is 139 cm³/mol. The lowest BCUT2D eigenvalue weighted by atomic mass is 10.1. The van der Waals surface area contributed by atoms with E-state index < -0.39 is 15.9 Å². The number of carbonyl (C=O) groups is 1. The van der Waals surface area contributed by atoms with Crippen LogP contribution in [0.25, 0.3) is 5.69 Å². The first-order chi connectivity index (χ1) is 16.0. The first-order valence-corrected chi connectivity index (χ1v) is 13.1. The van der Waals surface area contributed by atoms with Gasteiger partial charge < -0.3 is 4.57 Å². The number of amides is 1. The minimum absolute atomic E-state index is 0.379. The summed E-state index contributed by atoms with van der Waals surface area (Å²) < 4.78 is 27.9. The van der Waals surface area contributed by atoms with Crippen LogP contribution in [0.1, 0.15) is 29.4 Å². The standard InChI is InChI=1S/C24H26Cl2N4O3S/c1-5-18-8-6-7-9-23(18)29(34(4,32)33)15-24(31)28-27-14-19-12-16(2)30(17(19)3)20-10-11-21(25)22(26)13-20/h6-14H,5,15H2,1-4H3,(H,28,31)/b27-14-. The first kappa shape index (κ1) is 25.8. The van der Waals surface area contributed by atoms with Gasteiger partial charge in [0, 0.05) is 22.6 Å². The van der Waals surface area contributed by atoms with Crippen LogP contribution < -0.4 is 9.73 Å². The third kappa shape index (κ3) is 5.81. The molecule has 3 aromatic rings. The Kier molecular flexibility index (Phi) is 8.07. The van der Waals surface area contributed by atoms with Gasteiger partial charge in [0.2, 0.25) is 10.0 Å². The van der Waals surface area contributed by atoms with Crippen molar-refractivity contribution in [3.8, 4) is 5.69 Å². The van der Waals surface area contributed by atoms with E-state index in [0.29, 0.717) is 22.2 Å². The van der Waals surface area contributed by atoms with Crippen molar-refractivity contribution in [3.63, 3.8) is 0 Å². The second-order valence-corrected chi connectivity index (χ2v) is 10.5. The molecule has 1 heterocycles. The maximum atomic E-state index is 12.5. The van der Waals surface area contributed by atoms with Gasteiger partial charge in [-0.25, -0.2) is 13.8 Å². The zero-order valence-electron chi connectivity index (χ0n) is 19.3. The van der Waals surface area contributed by atoms with Gasteiger partial charge in [0.25, 0.3) is 5.91 Å². The van der Waals surface area contributed by atoms with Gasteiger partial charge in [-0.2, -0.15) is 5.10 Å². The highest BCUT2D eigenvalue weighted by Crippen LogP contribution is 2.27. The van der Waals surface area contributed by atoms with Gasteiger partial charge in [-0.3, -0.25) is 9.10 Å². The molecule has 3 rings (SSSR count). The molecule has 34 heavy (non-hydrogen) atoms. The maximum Gasteiger partial charge on any atom is 0.260 e. The topological polar surface area (TPSA) is 83.8 Å². The smallest absolute Gasteiger partial charge is 0.260 e. The Bertz CT molecular complexity index is 1350. The summed E-state index contributed by atoms with van der Waals surface area (Å²) in [7, 11) is -3.67. The fourth-order valence-corrected chi connectivity index (χ4v) is 4.89. The molecule has 0 bridgehead atoms. The monoisotopic (exact) mass is 520 g/mol. The predicted octanol–water partition coefficient (Wildman–Crippen LogP) is 4.88. The fraction of sp³-hybridized carbons (Fsp3) is 0.250. The Hall–Kier alpha value is -2.81. The van der Waals surface area contributed by atoms with Crippen molar-refractivity contribution in [2.75, 3.05) is 17.1 Å². The number of aromatic nitrogens is 1. The Morgan fingerprint density at radius 3 is 2.47 bits per heavy atom. The summed E-state index contributed by atoms with van der Waals surface area (Å²) in [6.45, 7) is 5.42. The highest BCUT2D eigenvalue weighted by molar-refractivity contribution is 7.92. The van der Waals surface area contributed by atoms with Crippen LogP contribution in [0.15, 0.2) is 53.6 Å². The van der Waals surface area contributed by atoms with Crippen molar-refractivity contribution in [2.45, 2.75) is 27.2 Å². The van der Waals surface area contributed by atoms with E-state index in [1.165, 1.54) is 6.21 Å². The quantitative estimate of drug-likeness (QED) is 0.339. The average Bonchev–Trinajstić information content (AvgIpc) is 3.06. The third-order valence-electron chi connectivity index (χ3n) is 5.35. The second kappa shape index (κ2) is 10.6. The van der Waals surface area contributed by atoms with Crippen LogP contribution in [0.2, 0.25) is 10.0 Å². The van der Waals surface area contributed by atoms with Gasteiger partial charge >= 0.3 is 0 Å². The van der Waals surface area contributed by atoms with Crippen LogP contribution in [-0.4, -0.2) is 37.9 Å². The van der Waals surface area contributed by atoms with Gasteiger partial charge in [-0.1, -0.05) is 48.3 Å². The Labute approximate surface area is 210 Å². The summed E-state index contributed by atoms with van der Waals surface area (Å²) in [6, 6.07) is 14.4. The molecule has 0 unspecified atom stereocenters. The number of hydrazone groups is 1. The lowest BCUT2D eigenvalue weighted by Crippen LogP contribution is -2.39. The zero-order valence-corrected chi connectivity index (χ0v) is 21.7. The minimum Gasteiger partial charge on any atom is -0.318 e. The number of hydrogen-bond acceptors (Lipinski definition) is 4. The molecule has 10 heteroatoms. The highest BCUT2D eigenvalue weighted by Gasteiger charge is 2.22. The number of nitrogens with one attached hydrogen (secondary N) is 1. The largest absolute Gasteiger partial charge is 0.318 e. The number of aryl methyl sites for hydroxylation is 2. The number of benzene rings is 2. The summed E-state index contributed by atoms with van der Waals surface area (Å²) in [5, 5.41) is 4.97. The van der Waals surface area contributed by atoms with Crippen LogP contribution >= 0.6 is 23.2 Å². The molecular weight excluding hydrogens is 495 g/mol. The molecule has 0 aliphatic carbocycles. The van der Waals surface area contributed by atoms with Gasteiger partial charge in [0.15, 0.2) is 0 Å². The van der Waals surface area contributed by atoms with Crippen LogP contribution in [0.5, 0.6) is 0 Å². The molecule has 7 nitrogen and oxygen atoms in total. The van der Waals surface area contributed by atoms with Crippen LogP contribution in [0.4, 0.5) is 5.69 Å². The fourth-order valence-electron chi connectivity index (χ4n) is 3.71. The van der Waals surface area contributed by atoms with E-state index in [1.807, 2.05) is 49.6 Å². The molecule has 0 spiro atoms. The SMILES string of the molecule is CCc1ccccc1N(CC(=O)N/N=C\c1cc(C)n(-c2ccc(Cl)c(Cl)c2)c1C)S(C)(=O)=O. The van der Waals surface area contributed by atoms with E-state index >= 15 is 0 Å². The van der Waals surface area contributed by atoms with Crippen LogP contribution in [0, 0.1) is 13.8 Å². The van der Waals surface area contributed by atoms with Gasteiger partial charge in [-0.15, -0.1) is 0 Å². The summed E-state index contributed by atoms with van der Waals surface area (Å²) in [6.07, 6.45) is 3.24. The van der Waals surface area contributed by atoms with E-state index in [9.17, 15) is 13.2 Å². The van der Waals surface area contributed by atoms with Crippen LogP contribution in [0.3, 0.4) is 0 Å². The van der Waals surface area contributed by atoms with Gasteiger partial charge in [-0.05, 0) is 56.2 Å². The molecule has 0 radical (unpaired) electrons. The molecule has 0 aliphatic rings. The molecule has 0 fully saturated rings. The number of nitrogens with zero attached hydrogens (tertiary/aromatic N) is 3. The number of hydrogen-bond donors (Lipinski definition) is 1. The average molecular weight is 521 g/mol. The number of sulfonamides is 1. The lowest BCUT2D eigenvalue weighted by molar-refractivity contribution is -0.119. The molecule has 1 amide bonds. The zero-order chi connectivity index (χ0) is 25.0. The Morgan fingerprint density at radius 2 is 1.82 bits per heavy atom. The molecule has 0 saturated carbocycles. The van der Waals surface area contributed by atoms with E-state index in [-0.39, 0.29) is 6.54 Å². The summed E-state index contributed by atoms with van der Waals surface area (Å²) in [5.74, 6) is -0.550. The van der Waals surface area contributed by atoms with Crippen LogP contribution in [-0.2, 0) is 21.2 Å². The molecular formula is C24H26Cl2N4O3S. The van der Waals surface area contributed by atoms with E-state index in [1.54, 1.807) is 24.3 Å². The molecule has 0 atom stereocenters. The summed E-state index contributed by atoms with van der Waals surface area (Å²) >= 11 is 12.2. The minimum atomic E-state index is -3.67. The third-order valence-corrected chi connectivity index (χ3v) is 7.22. The Morgan fingerprint density at radius 1 is 1.12 bits per heavy atom. The lowest BCUT2D eigenvalue weighted by Gasteiger charge is -2.23. The van der Waals surface area contributed by atoms with Crippen molar-refractivity contribution < 1.29 is 13.2 Å². The summed E-state index contributed by atoms with van der Waals surface area (Å²) in [4.78, 5) is 12.5. The number of carbonyl (C=O) groups excluding carboxylic acids is 1. The molecule has 1 aromatic heterocycles. The molecule has 180 valence electrons. The number of halogens is 2. The van der Waals surface area contributed by atoms with E-state index in [4.69, 9.17) is 23.2 Å². The number of para-hydroxylation sites is 1. The van der Waals surface area contributed by atoms with Crippen molar-refractivity contribution in [2.24, 2.45) is 5.10 Å². The molecule has 2 aromatic carbocycles. The van der Waals surface area contributed by atoms with E-state index in [2.05, 4.69) is 10.5 Å². The Balaban J connectivity index is 1.77. The highest BCUT2D eigenvalue weighted by atomic mass is 35.5. The van der Waals surface area contributed by atoms with E-state index in [0.717, 1.165) is 38.8 Å². The molecule has 0 saturated heterocycles. The number of rotatable bonds is 8. The summed E-state index contributed by atoms with van der Waals surface area (Å²) in [5.41, 5.74) is 7.23. The van der Waals surface area contributed by atoms with Crippen molar-refractivity contribution >= 4 is 51.0 Å². The normalized spacial score (nSPS) is 11.7. The number of anilines is 1. The second-order valence-electron chi connectivity index (χ2n) is 7.81. The van der Waals surface area contributed by atoms with Gasteiger partial charge in [0.1, 0.15) is 6.54 Å². The molecule has 0 aliphatic heterocycles. The van der Waals surface area contributed by atoms with Crippen molar-refractivity contribution in [3.05, 3.63) is 81.1 Å². The first-order valence-electron chi connectivity index (χ1n) is 10.5. The van der Waals surface area contributed by atoms with Crippen molar-refractivity contribution in [1.82, 2.24) is 9.99 Å².